The van der Waals surface area contributed by atoms with Gasteiger partial charge in [0.25, 0.3) is 5.91 Å². The Hall–Kier alpha value is -3.01. The highest BCUT2D eigenvalue weighted by atomic mass is 19.4. The van der Waals surface area contributed by atoms with Crippen molar-refractivity contribution in [2.75, 3.05) is 19.6 Å². The minimum atomic E-state index is -4.53. The zero-order valence-electron chi connectivity index (χ0n) is 18.7. The molecule has 7 nitrogen and oxygen atoms in total. The van der Waals surface area contributed by atoms with Crippen LogP contribution in [-0.2, 0) is 11.0 Å². The molecule has 2 amide bonds. The monoisotopic (exact) mass is 475 g/mol. The van der Waals surface area contributed by atoms with Gasteiger partial charge in [0.1, 0.15) is 0 Å². The number of carbonyl (C=O) groups is 2. The number of nitrogens with zero attached hydrogens (tertiary/aromatic N) is 3. The Balaban J connectivity index is 1.20. The molecule has 2 fully saturated rings. The van der Waals surface area contributed by atoms with E-state index in [9.17, 15) is 22.8 Å². The van der Waals surface area contributed by atoms with E-state index in [-0.39, 0.29) is 24.1 Å². The molecule has 2 heterocycles. The van der Waals surface area contributed by atoms with Crippen LogP contribution in [0.3, 0.4) is 0 Å². The van der Waals surface area contributed by atoms with Gasteiger partial charge in [0.2, 0.25) is 5.91 Å². The molecule has 182 valence electrons. The molecule has 34 heavy (non-hydrogen) atoms. The van der Waals surface area contributed by atoms with Gasteiger partial charge in [0.15, 0.2) is 0 Å². The normalized spacial score (nSPS) is 23.0. The summed E-state index contributed by atoms with van der Waals surface area (Å²) < 4.78 is 38.5. The summed E-state index contributed by atoms with van der Waals surface area (Å²) in [6.45, 7) is 0.901. The van der Waals surface area contributed by atoms with Crippen molar-refractivity contribution in [2.45, 2.75) is 56.3 Å². The summed E-state index contributed by atoms with van der Waals surface area (Å²) >= 11 is 0. The van der Waals surface area contributed by atoms with E-state index in [1.165, 1.54) is 12.1 Å². The molecule has 1 aromatic heterocycles. The summed E-state index contributed by atoms with van der Waals surface area (Å²) in [5, 5.41) is 14.3. The number of halogens is 3. The molecule has 1 saturated heterocycles. The summed E-state index contributed by atoms with van der Waals surface area (Å²) in [5.74, 6) is -0.502. The van der Waals surface area contributed by atoms with Gasteiger partial charge in [0, 0.05) is 42.9 Å². The highest BCUT2D eigenvalue weighted by Gasteiger charge is 2.32. The maximum atomic E-state index is 12.8. The topological polar surface area (TPSA) is 87.2 Å². The summed E-state index contributed by atoms with van der Waals surface area (Å²) in [7, 11) is 0. The van der Waals surface area contributed by atoms with E-state index in [4.69, 9.17) is 0 Å². The number of amides is 2. The first-order valence-electron chi connectivity index (χ1n) is 11.6. The first kappa shape index (κ1) is 24.1. The van der Waals surface area contributed by atoms with Crippen molar-refractivity contribution >= 4 is 11.8 Å². The Morgan fingerprint density at radius 1 is 1.03 bits per heavy atom. The summed E-state index contributed by atoms with van der Waals surface area (Å²) in [6, 6.07) is 8.70. The maximum Gasteiger partial charge on any atom is 0.416 e. The fraction of sp³-hybridized carbons (Fsp3) is 0.500. The molecule has 2 aromatic rings. The van der Waals surface area contributed by atoms with Crippen molar-refractivity contribution < 1.29 is 22.8 Å². The number of nitrogens with one attached hydrogen (secondary N) is 2. The second-order valence-electron chi connectivity index (χ2n) is 8.95. The van der Waals surface area contributed by atoms with Crippen LogP contribution in [0.25, 0.3) is 0 Å². The van der Waals surface area contributed by atoms with E-state index < -0.39 is 17.6 Å². The van der Waals surface area contributed by atoms with Gasteiger partial charge in [-0.3, -0.25) is 9.59 Å². The SMILES string of the molecule is O=C(NCC(=O)N1CCC(NC2CCC(c3cccnn3)CC2)C1)c1cccc(C(F)(F)F)c1. The molecule has 1 atom stereocenters. The van der Waals surface area contributed by atoms with Crippen molar-refractivity contribution in [3.05, 3.63) is 59.4 Å². The van der Waals surface area contributed by atoms with Crippen LogP contribution in [0.1, 0.15) is 59.6 Å². The summed E-state index contributed by atoms with van der Waals surface area (Å²) in [5.41, 5.74) is 0.0251. The Bertz CT molecular complexity index is 994. The highest BCUT2D eigenvalue weighted by molar-refractivity contribution is 5.96. The average Bonchev–Trinajstić information content (AvgIpc) is 3.31. The number of hydrogen-bond acceptors (Lipinski definition) is 5. The number of rotatable bonds is 6. The van der Waals surface area contributed by atoms with Gasteiger partial charge in [-0.15, -0.1) is 0 Å². The standard InChI is InChI=1S/C24H28F3N5O2/c25-24(26,27)18-4-1-3-17(13-18)23(34)28-14-22(33)32-12-10-20(15-32)30-19-8-6-16(7-9-19)21-5-2-11-29-31-21/h1-5,11,13,16,19-20,30H,6-10,12,14-15H2,(H,28,34). The molecule has 0 spiro atoms. The Kier molecular flexibility index (Phi) is 7.45. The number of carbonyl (C=O) groups excluding carboxylic acids is 2. The Morgan fingerprint density at radius 2 is 1.82 bits per heavy atom. The lowest BCUT2D eigenvalue weighted by Crippen LogP contribution is -2.44. The minimum Gasteiger partial charge on any atom is -0.343 e. The van der Waals surface area contributed by atoms with Crippen molar-refractivity contribution in [3.8, 4) is 0 Å². The maximum absolute atomic E-state index is 12.8. The van der Waals surface area contributed by atoms with E-state index in [0.29, 0.717) is 25.0 Å². The number of aromatic nitrogens is 2. The van der Waals surface area contributed by atoms with Crippen LogP contribution in [0.2, 0.25) is 0 Å². The molecule has 0 bridgehead atoms. The van der Waals surface area contributed by atoms with Crippen molar-refractivity contribution in [3.63, 3.8) is 0 Å². The third kappa shape index (κ3) is 6.11. The lowest BCUT2D eigenvalue weighted by Gasteiger charge is -2.30. The van der Waals surface area contributed by atoms with E-state index in [1.807, 2.05) is 12.1 Å². The molecule has 1 unspecified atom stereocenters. The second kappa shape index (κ2) is 10.5. The molecule has 0 radical (unpaired) electrons. The first-order valence-corrected chi connectivity index (χ1v) is 11.6. The molecule has 1 aliphatic heterocycles. The molecular formula is C24H28F3N5O2. The van der Waals surface area contributed by atoms with Gasteiger partial charge < -0.3 is 15.5 Å². The van der Waals surface area contributed by atoms with Crippen molar-refractivity contribution in [1.29, 1.82) is 0 Å². The van der Waals surface area contributed by atoms with Crippen LogP contribution in [0.15, 0.2) is 42.6 Å². The van der Waals surface area contributed by atoms with Gasteiger partial charge in [-0.2, -0.15) is 23.4 Å². The van der Waals surface area contributed by atoms with Gasteiger partial charge in [-0.25, -0.2) is 0 Å². The van der Waals surface area contributed by atoms with Crippen LogP contribution in [0.5, 0.6) is 0 Å². The third-order valence-corrected chi connectivity index (χ3v) is 6.60. The summed E-state index contributed by atoms with van der Waals surface area (Å²) in [4.78, 5) is 26.5. The van der Waals surface area contributed by atoms with E-state index in [0.717, 1.165) is 49.9 Å². The smallest absolute Gasteiger partial charge is 0.343 e. The summed E-state index contributed by atoms with van der Waals surface area (Å²) in [6.07, 6.45) is 2.16. The van der Waals surface area contributed by atoms with E-state index >= 15 is 0 Å². The lowest BCUT2D eigenvalue weighted by molar-refractivity contribution is -0.137. The molecular weight excluding hydrogens is 447 g/mol. The van der Waals surface area contributed by atoms with Gasteiger partial charge in [-0.05, 0) is 62.4 Å². The molecule has 4 rings (SSSR count). The van der Waals surface area contributed by atoms with Crippen molar-refractivity contribution in [2.24, 2.45) is 0 Å². The fourth-order valence-corrected chi connectivity index (χ4v) is 4.75. The van der Waals surface area contributed by atoms with E-state index in [2.05, 4.69) is 20.8 Å². The fourth-order valence-electron chi connectivity index (χ4n) is 4.75. The molecule has 2 aliphatic rings. The van der Waals surface area contributed by atoms with Crippen LogP contribution in [-0.4, -0.2) is 58.6 Å². The number of likely N-dealkylation sites (tertiary alicyclic amines) is 1. The van der Waals surface area contributed by atoms with Crippen LogP contribution in [0.4, 0.5) is 13.2 Å². The molecule has 1 aliphatic carbocycles. The average molecular weight is 476 g/mol. The molecule has 1 aromatic carbocycles. The zero-order chi connectivity index (χ0) is 24.1. The molecule has 10 heteroatoms. The zero-order valence-corrected chi connectivity index (χ0v) is 18.7. The van der Waals surface area contributed by atoms with Crippen molar-refractivity contribution in [1.82, 2.24) is 25.7 Å². The Labute approximate surface area is 196 Å². The third-order valence-electron chi connectivity index (χ3n) is 6.60. The second-order valence-corrected chi connectivity index (χ2v) is 8.95. The van der Waals surface area contributed by atoms with Gasteiger partial charge in [-0.1, -0.05) is 6.07 Å². The van der Waals surface area contributed by atoms with Crippen LogP contribution >= 0.6 is 0 Å². The minimum absolute atomic E-state index is 0.124. The number of benzene rings is 1. The predicted molar refractivity (Wildman–Crippen MR) is 119 cm³/mol. The van der Waals surface area contributed by atoms with Crippen LogP contribution in [0, 0.1) is 0 Å². The predicted octanol–water partition coefficient (Wildman–Crippen LogP) is 3.14. The van der Waals surface area contributed by atoms with Gasteiger partial charge >= 0.3 is 6.18 Å². The number of alkyl halides is 3. The van der Waals surface area contributed by atoms with E-state index in [1.54, 1.807) is 11.1 Å². The molecule has 2 N–H and O–H groups in total. The number of hydrogen-bond donors (Lipinski definition) is 2. The van der Waals surface area contributed by atoms with Crippen LogP contribution < -0.4 is 10.6 Å². The lowest BCUT2D eigenvalue weighted by atomic mass is 9.83. The quantitative estimate of drug-likeness (QED) is 0.671. The highest BCUT2D eigenvalue weighted by Crippen LogP contribution is 2.32. The largest absolute Gasteiger partial charge is 0.416 e. The molecule has 1 saturated carbocycles. The first-order chi connectivity index (χ1) is 16.3. The van der Waals surface area contributed by atoms with Gasteiger partial charge in [0.05, 0.1) is 17.8 Å². The Morgan fingerprint density at radius 3 is 2.53 bits per heavy atom.